The highest BCUT2D eigenvalue weighted by molar-refractivity contribution is 5.91. The number of anilines is 1. The van der Waals surface area contributed by atoms with Crippen molar-refractivity contribution in [1.29, 1.82) is 0 Å². The van der Waals surface area contributed by atoms with Gasteiger partial charge in [0.05, 0.1) is 16.1 Å². The summed E-state index contributed by atoms with van der Waals surface area (Å²) in [6, 6.07) is 2.81. The van der Waals surface area contributed by atoms with Crippen LogP contribution < -0.4 is 5.32 Å². The summed E-state index contributed by atoms with van der Waals surface area (Å²) in [6.07, 6.45) is 1.49. The molecule has 0 fully saturated rings. The molecule has 0 aliphatic rings. The lowest BCUT2D eigenvalue weighted by Gasteiger charge is -2.04. The zero-order chi connectivity index (χ0) is 14.2. The van der Waals surface area contributed by atoms with Crippen LogP contribution in [0.25, 0.3) is 11.0 Å². The number of hydrogen-bond acceptors (Lipinski definition) is 5. The summed E-state index contributed by atoms with van der Waals surface area (Å²) in [4.78, 5) is 18.6. The van der Waals surface area contributed by atoms with Gasteiger partial charge >= 0.3 is 5.69 Å². The average Bonchev–Trinajstić information content (AvgIpc) is 2.25. The highest BCUT2D eigenvalue weighted by Gasteiger charge is 2.19. The molecular formula is C10H10N4O2. The van der Waals surface area contributed by atoms with Gasteiger partial charge in [-0.05, 0) is 19.1 Å². The van der Waals surface area contributed by atoms with E-state index in [4.69, 9.17) is 4.11 Å². The summed E-state index contributed by atoms with van der Waals surface area (Å²) >= 11 is 0. The van der Waals surface area contributed by atoms with Gasteiger partial charge < -0.3 is 5.32 Å². The zero-order valence-corrected chi connectivity index (χ0v) is 8.39. The van der Waals surface area contributed by atoms with Crippen molar-refractivity contribution < 1.29 is 9.04 Å². The predicted molar refractivity (Wildman–Crippen MR) is 60.5 cm³/mol. The summed E-state index contributed by atoms with van der Waals surface area (Å²) < 4.78 is 21.4. The van der Waals surface area contributed by atoms with Crippen LogP contribution in [0.5, 0.6) is 0 Å². The number of benzene rings is 1. The Labute approximate surface area is 95.7 Å². The summed E-state index contributed by atoms with van der Waals surface area (Å²) in [6.45, 7) is -0.865. The highest BCUT2D eigenvalue weighted by Crippen LogP contribution is 2.30. The molecule has 0 aliphatic heterocycles. The topological polar surface area (TPSA) is 81.0 Å². The molecule has 0 bridgehead atoms. The molecule has 0 saturated heterocycles. The van der Waals surface area contributed by atoms with Crippen molar-refractivity contribution in [2.45, 2.75) is 6.92 Å². The molecule has 2 aromatic rings. The Bertz CT molecular complexity index is 657. The van der Waals surface area contributed by atoms with Crippen molar-refractivity contribution >= 4 is 22.4 Å². The smallest absolute Gasteiger partial charge is 0.319 e. The fourth-order valence-corrected chi connectivity index (χ4v) is 1.44. The number of nitrogens with zero attached hydrogens (tertiary/aromatic N) is 3. The van der Waals surface area contributed by atoms with Gasteiger partial charge in [0, 0.05) is 17.3 Å². The van der Waals surface area contributed by atoms with E-state index in [2.05, 4.69) is 15.3 Å². The van der Waals surface area contributed by atoms with Gasteiger partial charge in [0.15, 0.2) is 5.52 Å². The minimum atomic E-state index is -2.52. The molecule has 0 atom stereocenters. The predicted octanol–water partition coefficient (Wildman–Crippen LogP) is 1.89. The van der Waals surface area contributed by atoms with E-state index >= 15 is 0 Å². The molecule has 6 heteroatoms. The van der Waals surface area contributed by atoms with Gasteiger partial charge in [-0.2, -0.15) is 0 Å². The van der Waals surface area contributed by atoms with Crippen LogP contribution in [0.3, 0.4) is 0 Å². The number of nitrogens with one attached hydrogen (secondary N) is 1. The zero-order valence-electron chi connectivity index (χ0n) is 11.4. The summed E-state index contributed by atoms with van der Waals surface area (Å²) in [5.41, 5.74) is 0.441. The summed E-state index contributed by atoms with van der Waals surface area (Å²) in [5.74, 6) is 0. The van der Waals surface area contributed by atoms with Gasteiger partial charge in [-0.15, -0.1) is 0 Å². The third kappa shape index (κ3) is 1.54. The molecule has 0 radical (unpaired) electrons. The molecular weight excluding hydrogens is 208 g/mol. The van der Waals surface area contributed by atoms with Crippen LogP contribution in [0.1, 0.15) is 9.81 Å². The summed E-state index contributed by atoms with van der Waals surface area (Å²) in [7, 11) is 0. The van der Waals surface area contributed by atoms with Crippen LogP contribution in [0.2, 0.25) is 0 Å². The fourth-order valence-electron chi connectivity index (χ4n) is 1.44. The van der Waals surface area contributed by atoms with E-state index < -0.39 is 11.9 Å². The van der Waals surface area contributed by atoms with Gasteiger partial charge in [-0.1, -0.05) is 0 Å². The van der Waals surface area contributed by atoms with Gasteiger partial charge in [-0.3, -0.25) is 15.1 Å². The largest absolute Gasteiger partial charge is 0.382 e. The number of fused-ring (bicyclic) bond motifs is 1. The maximum Gasteiger partial charge on any atom is 0.319 e. The van der Waals surface area contributed by atoms with Crippen LogP contribution in [0.4, 0.5) is 11.4 Å². The molecule has 0 spiro atoms. The molecule has 0 amide bonds. The Morgan fingerprint density at radius 2 is 2.38 bits per heavy atom. The summed E-state index contributed by atoms with van der Waals surface area (Å²) in [5, 5.41) is 13.3. The Kier molecular flexibility index (Phi) is 1.65. The van der Waals surface area contributed by atoms with Crippen LogP contribution in [0, 0.1) is 17.0 Å². The quantitative estimate of drug-likeness (QED) is 0.618. The molecule has 0 aliphatic carbocycles. The number of hydrogen-bond donors (Lipinski definition) is 1. The Balaban J connectivity index is 2.71. The third-order valence-corrected chi connectivity index (χ3v) is 2.13. The molecule has 1 N–H and O–H groups in total. The Morgan fingerprint density at radius 1 is 1.56 bits per heavy atom. The van der Waals surface area contributed by atoms with E-state index in [0.717, 1.165) is 0 Å². The standard InChI is InChI=1S/C10H10N4O2/c1-6-5-12-7-3-4-8(11-2)10(14(15)16)9(7)13-6/h3-5,11H,1-2H3/i2D3. The van der Waals surface area contributed by atoms with E-state index in [9.17, 15) is 10.1 Å². The van der Waals surface area contributed by atoms with E-state index in [1.54, 1.807) is 6.92 Å². The van der Waals surface area contributed by atoms with E-state index in [0.29, 0.717) is 11.2 Å². The number of nitro benzene ring substituents is 1. The van der Waals surface area contributed by atoms with E-state index in [1.165, 1.54) is 18.3 Å². The second-order valence-corrected chi connectivity index (χ2v) is 3.22. The van der Waals surface area contributed by atoms with Crippen molar-refractivity contribution in [3.63, 3.8) is 0 Å². The second kappa shape index (κ2) is 3.73. The molecule has 16 heavy (non-hydrogen) atoms. The molecule has 1 aromatic carbocycles. The molecule has 2 rings (SSSR count). The number of aromatic nitrogens is 2. The maximum absolute atomic E-state index is 11.1. The molecule has 0 unspecified atom stereocenters. The molecule has 1 heterocycles. The van der Waals surface area contributed by atoms with Gasteiger partial charge in [0.2, 0.25) is 0 Å². The SMILES string of the molecule is [2H]C([2H])([2H])Nc1ccc2ncc(C)nc2c1[N+](=O)[O-]. The molecule has 82 valence electrons. The second-order valence-electron chi connectivity index (χ2n) is 3.22. The lowest BCUT2D eigenvalue weighted by Crippen LogP contribution is -2.00. The first-order valence-corrected chi connectivity index (χ1v) is 4.47. The molecule has 6 nitrogen and oxygen atoms in total. The fraction of sp³-hybridized carbons (Fsp3) is 0.200. The normalized spacial score (nSPS) is 13.9. The highest BCUT2D eigenvalue weighted by atomic mass is 16.6. The monoisotopic (exact) mass is 221 g/mol. The lowest BCUT2D eigenvalue weighted by atomic mass is 10.2. The van der Waals surface area contributed by atoms with Crippen molar-refractivity contribution in [2.24, 2.45) is 0 Å². The average molecular weight is 221 g/mol. The number of nitro groups is 1. The first kappa shape index (κ1) is 7.10. The van der Waals surface area contributed by atoms with Crippen LogP contribution >= 0.6 is 0 Å². The minimum Gasteiger partial charge on any atom is -0.382 e. The Morgan fingerprint density at radius 3 is 3.06 bits per heavy atom. The first-order valence-electron chi connectivity index (χ1n) is 5.97. The third-order valence-electron chi connectivity index (χ3n) is 2.13. The molecule has 0 saturated carbocycles. The van der Waals surface area contributed by atoms with Crippen LogP contribution in [0.15, 0.2) is 18.3 Å². The maximum atomic E-state index is 11.1. The lowest BCUT2D eigenvalue weighted by molar-refractivity contribution is -0.382. The van der Waals surface area contributed by atoms with Crippen LogP contribution in [-0.4, -0.2) is 21.9 Å². The minimum absolute atomic E-state index is 0.0688. The number of rotatable bonds is 2. The van der Waals surface area contributed by atoms with E-state index in [-0.39, 0.29) is 16.9 Å². The molecule has 1 aromatic heterocycles. The Hall–Kier alpha value is -2.24. The van der Waals surface area contributed by atoms with Crippen LogP contribution in [-0.2, 0) is 0 Å². The van der Waals surface area contributed by atoms with Crippen molar-refractivity contribution in [3.8, 4) is 0 Å². The van der Waals surface area contributed by atoms with E-state index in [1.807, 2.05) is 0 Å². The van der Waals surface area contributed by atoms with Crippen molar-refractivity contribution in [2.75, 3.05) is 12.3 Å². The number of aryl methyl sites for hydroxylation is 1. The van der Waals surface area contributed by atoms with Gasteiger partial charge in [0.1, 0.15) is 5.69 Å². The van der Waals surface area contributed by atoms with Crippen molar-refractivity contribution in [3.05, 3.63) is 34.1 Å². The van der Waals surface area contributed by atoms with Crippen molar-refractivity contribution in [1.82, 2.24) is 9.97 Å². The first-order chi connectivity index (χ1) is 8.78. The van der Waals surface area contributed by atoms with Gasteiger partial charge in [-0.25, -0.2) is 4.98 Å². The van der Waals surface area contributed by atoms with Gasteiger partial charge in [0.25, 0.3) is 0 Å².